The third-order valence-electron chi connectivity index (χ3n) is 5.22. The molecule has 0 saturated heterocycles. The van der Waals surface area contributed by atoms with Crippen LogP contribution in [0.15, 0.2) is 53.7 Å². The van der Waals surface area contributed by atoms with Crippen LogP contribution in [0.3, 0.4) is 0 Å². The molecule has 2 N–H and O–H groups in total. The minimum atomic E-state index is -0.109. The number of H-pyrrole nitrogens is 1. The van der Waals surface area contributed by atoms with E-state index in [2.05, 4.69) is 74.5 Å². The fourth-order valence-corrected chi connectivity index (χ4v) is 4.39. The van der Waals surface area contributed by atoms with Crippen molar-refractivity contribution in [2.75, 3.05) is 11.1 Å². The van der Waals surface area contributed by atoms with Crippen LogP contribution in [0.4, 0.5) is 5.69 Å². The van der Waals surface area contributed by atoms with Crippen molar-refractivity contribution in [2.24, 2.45) is 0 Å². The molecule has 2 heterocycles. The highest BCUT2D eigenvalue weighted by atomic mass is 32.2. The standard InChI is InChI=1S/C24H26N6OS/c1-15-10-11-20(16(2)12-15)30-21(13-19-8-6-5-7-9-19)28-29-24(30)32-14-22(31)25-23-17(3)26-27-18(23)4/h5-12H,13-14H2,1-4H3,(H,25,31)(H,26,27). The number of carbonyl (C=O) groups excluding carboxylic acids is 1. The zero-order chi connectivity index (χ0) is 22.7. The van der Waals surface area contributed by atoms with Crippen molar-refractivity contribution in [3.63, 3.8) is 0 Å². The topological polar surface area (TPSA) is 88.5 Å². The van der Waals surface area contributed by atoms with Gasteiger partial charge >= 0.3 is 0 Å². The Morgan fingerprint density at radius 2 is 1.84 bits per heavy atom. The molecule has 0 atom stereocenters. The molecule has 0 saturated carbocycles. The summed E-state index contributed by atoms with van der Waals surface area (Å²) in [6.45, 7) is 7.90. The number of anilines is 1. The van der Waals surface area contributed by atoms with Crippen LogP contribution in [-0.2, 0) is 11.2 Å². The molecule has 0 aliphatic rings. The average Bonchev–Trinajstić information content (AvgIpc) is 3.31. The smallest absolute Gasteiger partial charge is 0.234 e. The van der Waals surface area contributed by atoms with E-state index in [1.165, 1.54) is 17.3 Å². The van der Waals surface area contributed by atoms with E-state index >= 15 is 0 Å². The van der Waals surface area contributed by atoms with Crippen molar-refractivity contribution in [3.05, 3.63) is 82.4 Å². The van der Waals surface area contributed by atoms with Crippen molar-refractivity contribution in [2.45, 2.75) is 39.3 Å². The minimum Gasteiger partial charge on any atom is -0.322 e. The first-order chi connectivity index (χ1) is 15.4. The molecule has 32 heavy (non-hydrogen) atoms. The molecule has 4 rings (SSSR count). The number of nitrogens with zero attached hydrogens (tertiary/aromatic N) is 4. The summed E-state index contributed by atoms with van der Waals surface area (Å²) in [4.78, 5) is 12.6. The Bertz CT molecular complexity index is 1230. The molecular formula is C24H26N6OS. The van der Waals surface area contributed by atoms with Gasteiger partial charge in [0.25, 0.3) is 0 Å². The maximum absolute atomic E-state index is 12.6. The van der Waals surface area contributed by atoms with Crippen molar-refractivity contribution < 1.29 is 4.79 Å². The number of nitrogens with one attached hydrogen (secondary N) is 2. The number of rotatable bonds is 7. The average molecular weight is 447 g/mol. The summed E-state index contributed by atoms with van der Waals surface area (Å²) in [7, 11) is 0. The van der Waals surface area contributed by atoms with Gasteiger partial charge < -0.3 is 5.32 Å². The lowest BCUT2D eigenvalue weighted by molar-refractivity contribution is -0.113. The number of aromatic amines is 1. The second kappa shape index (κ2) is 9.40. The molecule has 0 radical (unpaired) electrons. The quantitative estimate of drug-likeness (QED) is 0.407. The van der Waals surface area contributed by atoms with E-state index in [9.17, 15) is 4.79 Å². The fraction of sp³-hybridized carbons (Fsp3) is 0.250. The summed E-state index contributed by atoms with van der Waals surface area (Å²) in [6, 6.07) is 16.5. The van der Waals surface area contributed by atoms with Crippen LogP contribution in [0, 0.1) is 27.7 Å². The van der Waals surface area contributed by atoms with Gasteiger partial charge in [-0.3, -0.25) is 14.5 Å². The molecule has 0 unspecified atom stereocenters. The molecule has 0 aliphatic carbocycles. The Morgan fingerprint density at radius 1 is 1.06 bits per heavy atom. The maximum Gasteiger partial charge on any atom is 0.234 e. The molecular weight excluding hydrogens is 420 g/mol. The summed E-state index contributed by atoms with van der Waals surface area (Å²) >= 11 is 1.37. The van der Waals surface area contributed by atoms with E-state index in [4.69, 9.17) is 0 Å². The second-order valence-corrected chi connectivity index (χ2v) is 8.77. The van der Waals surface area contributed by atoms with E-state index in [1.807, 2.05) is 32.0 Å². The number of amides is 1. The first-order valence-electron chi connectivity index (χ1n) is 10.4. The van der Waals surface area contributed by atoms with Gasteiger partial charge in [0.05, 0.1) is 28.5 Å². The Hall–Kier alpha value is -3.39. The fourth-order valence-electron chi connectivity index (χ4n) is 3.63. The second-order valence-electron chi connectivity index (χ2n) is 7.83. The Labute approximate surface area is 191 Å². The molecule has 4 aromatic rings. The highest BCUT2D eigenvalue weighted by Gasteiger charge is 2.18. The lowest BCUT2D eigenvalue weighted by atomic mass is 10.1. The van der Waals surface area contributed by atoms with Gasteiger partial charge in [-0.15, -0.1) is 10.2 Å². The summed E-state index contributed by atoms with van der Waals surface area (Å²) in [5.41, 5.74) is 6.85. The number of hydrogen-bond acceptors (Lipinski definition) is 5. The molecule has 0 aliphatic heterocycles. The Kier molecular flexibility index (Phi) is 6.41. The predicted molar refractivity (Wildman–Crippen MR) is 127 cm³/mol. The van der Waals surface area contributed by atoms with E-state index in [-0.39, 0.29) is 11.7 Å². The van der Waals surface area contributed by atoms with Gasteiger partial charge in [0.2, 0.25) is 5.91 Å². The number of aryl methyl sites for hydroxylation is 4. The van der Waals surface area contributed by atoms with Crippen molar-refractivity contribution in [1.82, 2.24) is 25.0 Å². The third kappa shape index (κ3) is 4.75. The molecule has 164 valence electrons. The molecule has 8 heteroatoms. The van der Waals surface area contributed by atoms with Crippen molar-refractivity contribution in [3.8, 4) is 5.69 Å². The first-order valence-corrected chi connectivity index (χ1v) is 11.4. The van der Waals surface area contributed by atoms with Crippen LogP contribution < -0.4 is 5.32 Å². The van der Waals surface area contributed by atoms with Crippen molar-refractivity contribution in [1.29, 1.82) is 0 Å². The Morgan fingerprint density at radius 3 is 2.53 bits per heavy atom. The van der Waals surface area contributed by atoms with Gasteiger partial charge in [-0.05, 0) is 44.9 Å². The van der Waals surface area contributed by atoms with E-state index in [0.717, 1.165) is 39.7 Å². The number of carbonyl (C=O) groups is 1. The van der Waals surface area contributed by atoms with Gasteiger partial charge in [-0.1, -0.05) is 59.8 Å². The van der Waals surface area contributed by atoms with Gasteiger partial charge in [-0.25, -0.2) is 0 Å². The van der Waals surface area contributed by atoms with E-state index < -0.39 is 0 Å². The molecule has 0 bridgehead atoms. The number of aromatic nitrogens is 5. The van der Waals surface area contributed by atoms with Gasteiger partial charge in [0.1, 0.15) is 5.82 Å². The zero-order valence-corrected chi connectivity index (χ0v) is 19.5. The Balaban J connectivity index is 1.60. The number of thioether (sulfide) groups is 1. The van der Waals surface area contributed by atoms with Crippen LogP contribution in [-0.4, -0.2) is 36.6 Å². The van der Waals surface area contributed by atoms with E-state index in [0.29, 0.717) is 11.6 Å². The highest BCUT2D eigenvalue weighted by Crippen LogP contribution is 2.26. The largest absolute Gasteiger partial charge is 0.322 e. The van der Waals surface area contributed by atoms with Crippen LogP contribution in [0.5, 0.6) is 0 Å². The highest BCUT2D eigenvalue weighted by molar-refractivity contribution is 7.99. The summed E-state index contributed by atoms with van der Waals surface area (Å²) in [5.74, 6) is 0.952. The maximum atomic E-state index is 12.6. The SMILES string of the molecule is Cc1ccc(-n2c(Cc3ccccc3)nnc2SCC(=O)Nc2c(C)n[nH]c2C)c(C)c1. The normalized spacial score (nSPS) is 11.0. The lowest BCUT2D eigenvalue weighted by Crippen LogP contribution is -2.15. The molecule has 7 nitrogen and oxygen atoms in total. The summed E-state index contributed by atoms with van der Waals surface area (Å²) in [5, 5.41) is 19.6. The minimum absolute atomic E-state index is 0.109. The molecule has 0 spiro atoms. The monoisotopic (exact) mass is 446 g/mol. The van der Waals surface area contributed by atoms with Gasteiger partial charge in [0, 0.05) is 6.42 Å². The molecule has 2 aromatic carbocycles. The van der Waals surface area contributed by atoms with Gasteiger partial charge in [0.15, 0.2) is 5.16 Å². The number of hydrogen-bond donors (Lipinski definition) is 2. The van der Waals surface area contributed by atoms with Crippen LogP contribution >= 0.6 is 11.8 Å². The first kappa shape index (κ1) is 21.8. The van der Waals surface area contributed by atoms with E-state index in [1.54, 1.807) is 0 Å². The summed E-state index contributed by atoms with van der Waals surface area (Å²) < 4.78 is 2.06. The van der Waals surface area contributed by atoms with Crippen molar-refractivity contribution >= 4 is 23.4 Å². The zero-order valence-electron chi connectivity index (χ0n) is 18.6. The van der Waals surface area contributed by atoms with Crippen LogP contribution in [0.25, 0.3) is 5.69 Å². The van der Waals surface area contributed by atoms with Crippen LogP contribution in [0.1, 0.15) is 33.9 Å². The van der Waals surface area contributed by atoms with Gasteiger partial charge in [-0.2, -0.15) is 5.10 Å². The molecule has 2 aromatic heterocycles. The molecule has 0 fully saturated rings. The number of benzene rings is 2. The van der Waals surface area contributed by atoms with Crippen LogP contribution in [0.2, 0.25) is 0 Å². The lowest BCUT2D eigenvalue weighted by Gasteiger charge is -2.14. The summed E-state index contributed by atoms with van der Waals surface area (Å²) in [6.07, 6.45) is 0.654. The predicted octanol–water partition coefficient (Wildman–Crippen LogP) is 4.55. The molecule has 1 amide bonds. The third-order valence-corrected chi connectivity index (χ3v) is 6.15.